The van der Waals surface area contributed by atoms with Crippen molar-refractivity contribution in [3.63, 3.8) is 0 Å². The summed E-state index contributed by atoms with van der Waals surface area (Å²) >= 11 is 0. The minimum atomic E-state index is -4.29. The monoisotopic (exact) mass is 592 g/mol. The molecule has 0 aliphatic heterocycles. The summed E-state index contributed by atoms with van der Waals surface area (Å²) in [6, 6.07) is 8.83. The van der Waals surface area contributed by atoms with E-state index in [4.69, 9.17) is 4.74 Å². The number of benzene rings is 1. The molecular weight excluding hydrogens is 564 g/mol. The minimum absolute atomic E-state index is 0.00128. The number of hydrogen-bond donors (Lipinski definition) is 0. The first kappa shape index (κ1) is 28.8. The quantitative estimate of drug-likeness (QED) is 0.264. The Morgan fingerprint density at radius 2 is 1.66 bits per heavy atom. The van der Waals surface area contributed by atoms with Crippen molar-refractivity contribution in [2.24, 2.45) is 5.92 Å². The van der Waals surface area contributed by atoms with E-state index in [2.05, 4.69) is 9.97 Å². The number of halogens is 4. The number of aromatic nitrogens is 4. The average Bonchev–Trinajstić information content (AvgIpc) is 3.31. The Morgan fingerprint density at radius 1 is 1.00 bits per heavy atom. The first-order chi connectivity index (χ1) is 19.3. The highest BCUT2D eigenvalue weighted by Gasteiger charge is 2.42. The van der Waals surface area contributed by atoms with Gasteiger partial charge in [0.1, 0.15) is 17.6 Å². The molecule has 1 aliphatic carbocycles. The lowest BCUT2D eigenvalue weighted by atomic mass is 9.87. The number of rotatable bonds is 6. The third-order valence-electron chi connectivity index (χ3n) is 7.40. The fourth-order valence-corrected chi connectivity index (χ4v) is 6.60. The molecular formula is C28H28F4N4O4S. The van der Waals surface area contributed by atoms with Crippen LogP contribution in [0, 0.1) is 25.6 Å². The SMILES string of the molecule is CCn1c(=O)ccc2c1c(-c1nc(C)nc(OC3CCC(C(F)(F)F)CC3)c1F)cn2S(=O)(=O)c1ccc(C)cc1. The second kappa shape index (κ2) is 10.6. The van der Waals surface area contributed by atoms with Crippen LogP contribution in [0.1, 0.15) is 44.0 Å². The maximum atomic E-state index is 16.0. The Kier molecular flexibility index (Phi) is 7.43. The fourth-order valence-electron chi connectivity index (χ4n) is 5.24. The van der Waals surface area contributed by atoms with Gasteiger partial charge in [0.15, 0.2) is 0 Å². The first-order valence-corrected chi connectivity index (χ1v) is 14.6. The molecule has 0 unspecified atom stereocenters. The number of ether oxygens (including phenoxy) is 1. The lowest BCUT2D eigenvalue weighted by Gasteiger charge is -2.30. The van der Waals surface area contributed by atoms with Crippen LogP contribution in [0.5, 0.6) is 5.88 Å². The summed E-state index contributed by atoms with van der Waals surface area (Å²) in [6.45, 7) is 5.17. The van der Waals surface area contributed by atoms with Crippen LogP contribution in [-0.4, -0.2) is 39.2 Å². The number of nitrogens with zero attached hydrogens (tertiary/aromatic N) is 4. The van der Waals surface area contributed by atoms with Crippen LogP contribution in [0.25, 0.3) is 22.3 Å². The minimum Gasteiger partial charge on any atom is -0.472 e. The van der Waals surface area contributed by atoms with Crippen molar-refractivity contribution in [2.45, 2.75) is 70.2 Å². The van der Waals surface area contributed by atoms with Gasteiger partial charge in [-0.25, -0.2) is 17.4 Å². The van der Waals surface area contributed by atoms with Crippen molar-refractivity contribution in [3.8, 4) is 17.1 Å². The summed E-state index contributed by atoms with van der Waals surface area (Å²) in [6.07, 6.45) is -3.88. The Labute approximate surface area is 233 Å². The Balaban J connectivity index is 1.63. The molecule has 0 bridgehead atoms. The molecule has 1 fully saturated rings. The number of fused-ring (bicyclic) bond motifs is 1. The molecule has 0 saturated heterocycles. The van der Waals surface area contributed by atoms with Gasteiger partial charge in [-0.2, -0.15) is 22.5 Å². The summed E-state index contributed by atoms with van der Waals surface area (Å²) in [5, 5.41) is 0. The van der Waals surface area contributed by atoms with E-state index >= 15 is 4.39 Å². The molecule has 0 atom stereocenters. The number of alkyl halides is 3. The van der Waals surface area contributed by atoms with Gasteiger partial charge >= 0.3 is 6.18 Å². The molecule has 4 aromatic rings. The van der Waals surface area contributed by atoms with Crippen LogP contribution in [0.15, 0.2) is 52.3 Å². The molecule has 0 N–H and O–H groups in total. The van der Waals surface area contributed by atoms with Crippen molar-refractivity contribution in [1.29, 1.82) is 0 Å². The highest BCUT2D eigenvalue weighted by molar-refractivity contribution is 7.90. The molecule has 8 nitrogen and oxygen atoms in total. The standard InChI is InChI=1S/C28H28F4N4O4S/c1-4-35-23(37)14-13-22-26(35)21(15-36(22)41(38,39)20-11-5-16(2)6-12-20)25-24(29)27(34-17(3)33-25)40-19-9-7-18(8-10-19)28(30,31)32/h5-6,11-15,18-19H,4,7-10H2,1-3H3. The van der Waals surface area contributed by atoms with Gasteiger partial charge in [0.05, 0.1) is 21.8 Å². The molecule has 41 heavy (non-hydrogen) atoms. The largest absolute Gasteiger partial charge is 0.472 e. The maximum Gasteiger partial charge on any atom is 0.391 e. The van der Waals surface area contributed by atoms with Crippen LogP contribution in [-0.2, 0) is 16.6 Å². The number of pyridine rings is 1. The molecule has 5 rings (SSSR count). The van der Waals surface area contributed by atoms with E-state index in [1.165, 1.54) is 42.0 Å². The number of hydrogen-bond acceptors (Lipinski definition) is 6. The van der Waals surface area contributed by atoms with E-state index in [9.17, 15) is 26.4 Å². The van der Waals surface area contributed by atoms with Crippen molar-refractivity contribution in [2.75, 3.05) is 0 Å². The maximum absolute atomic E-state index is 16.0. The topological polar surface area (TPSA) is 96.1 Å². The second-order valence-corrected chi connectivity index (χ2v) is 12.0. The van der Waals surface area contributed by atoms with Crippen molar-refractivity contribution >= 4 is 21.1 Å². The molecule has 3 heterocycles. The molecule has 1 aliphatic rings. The molecule has 1 saturated carbocycles. The molecule has 218 valence electrons. The Morgan fingerprint density at radius 3 is 2.27 bits per heavy atom. The van der Waals surface area contributed by atoms with Crippen LogP contribution < -0.4 is 10.3 Å². The van der Waals surface area contributed by atoms with E-state index in [0.717, 1.165) is 9.54 Å². The predicted molar refractivity (Wildman–Crippen MR) is 144 cm³/mol. The first-order valence-electron chi connectivity index (χ1n) is 13.2. The smallest absolute Gasteiger partial charge is 0.391 e. The van der Waals surface area contributed by atoms with E-state index < -0.39 is 45.5 Å². The zero-order chi connectivity index (χ0) is 29.7. The molecule has 0 radical (unpaired) electrons. The molecule has 0 spiro atoms. The summed E-state index contributed by atoms with van der Waals surface area (Å²) in [5.74, 6) is -2.77. The fraction of sp³-hybridized carbons (Fsp3) is 0.393. The van der Waals surface area contributed by atoms with Gasteiger partial charge < -0.3 is 9.30 Å². The highest BCUT2D eigenvalue weighted by atomic mass is 32.2. The van der Waals surface area contributed by atoms with Gasteiger partial charge in [0.25, 0.3) is 21.5 Å². The van der Waals surface area contributed by atoms with E-state index in [0.29, 0.717) is 0 Å². The zero-order valence-electron chi connectivity index (χ0n) is 22.6. The third kappa shape index (κ3) is 5.34. The van der Waals surface area contributed by atoms with E-state index in [1.54, 1.807) is 19.1 Å². The average molecular weight is 593 g/mol. The molecule has 13 heteroatoms. The molecule has 0 amide bonds. The second-order valence-electron chi connectivity index (χ2n) is 10.2. The highest BCUT2D eigenvalue weighted by Crippen LogP contribution is 2.40. The Bertz CT molecular complexity index is 1770. The van der Waals surface area contributed by atoms with Gasteiger partial charge in [0.2, 0.25) is 5.82 Å². The van der Waals surface area contributed by atoms with Crippen LogP contribution in [0.2, 0.25) is 0 Å². The third-order valence-corrected chi connectivity index (χ3v) is 9.09. The summed E-state index contributed by atoms with van der Waals surface area (Å²) in [5.41, 5.74) is 0.488. The van der Waals surface area contributed by atoms with Crippen LogP contribution >= 0.6 is 0 Å². The van der Waals surface area contributed by atoms with Crippen molar-refractivity contribution < 1.29 is 30.7 Å². The van der Waals surface area contributed by atoms with E-state index in [1.807, 2.05) is 6.92 Å². The number of aryl methyl sites for hydroxylation is 3. The normalized spacial score (nSPS) is 18.1. The van der Waals surface area contributed by atoms with Gasteiger partial charge in [-0.15, -0.1) is 0 Å². The van der Waals surface area contributed by atoms with E-state index in [-0.39, 0.29) is 65.2 Å². The Hall–Kier alpha value is -3.74. The van der Waals surface area contributed by atoms with Gasteiger partial charge in [-0.1, -0.05) is 17.7 Å². The van der Waals surface area contributed by atoms with Gasteiger partial charge in [0, 0.05) is 24.4 Å². The summed E-state index contributed by atoms with van der Waals surface area (Å²) in [7, 11) is -4.17. The lowest BCUT2D eigenvalue weighted by molar-refractivity contribution is -0.185. The van der Waals surface area contributed by atoms with Crippen LogP contribution in [0.3, 0.4) is 0 Å². The molecule has 3 aromatic heterocycles. The van der Waals surface area contributed by atoms with Crippen molar-refractivity contribution in [3.05, 3.63) is 70.2 Å². The van der Waals surface area contributed by atoms with Crippen LogP contribution in [0.4, 0.5) is 17.6 Å². The summed E-state index contributed by atoms with van der Waals surface area (Å²) in [4.78, 5) is 21.1. The summed E-state index contributed by atoms with van der Waals surface area (Å²) < 4.78 is 90.8. The van der Waals surface area contributed by atoms with Gasteiger partial charge in [-0.05, 0) is 64.7 Å². The molecule has 1 aromatic carbocycles. The predicted octanol–water partition coefficient (Wildman–Crippen LogP) is 5.77. The lowest BCUT2D eigenvalue weighted by Crippen LogP contribution is -2.32. The van der Waals surface area contributed by atoms with Crippen molar-refractivity contribution in [1.82, 2.24) is 18.5 Å². The van der Waals surface area contributed by atoms with Gasteiger partial charge in [-0.3, -0.25) is 4.79 Å². The zero-order valence-corrected chi connectivity index (χ0v) is 23.4.